The number of phenols is 1. The molecule has 0 aromatic heterocycles. The molecule has 1 N–H and O–H groups in total. The van der Waals surface area contributed by atoms with Crippen LogP contribution >= 0.6 is 0 Å². The second kappa shape index (κ2) is 4.50. The Hall–Kier alpha value is -1.51. The summed E-state index contributed by atoms with van der Waals surface area (Å²) < 4.78 is 4.69. The largest absolute Gasteiger partial charge is 0.508 e. The van der Waals surface area contributed by atoms with Crippen LogP contribution in [-0.4, -0.2) is 11.6 Å². The zero-order chi connectivity index (χ0) is 9.68. The lowest BCUT2D eigenvalue weighted by Gasteiger charge is -2.13. The maximum absolute atomic E-state index is 10.0. The molecule has 0 saturated heterocycles. The Kier molecular flexibility index (Phi) is 3.31. The molecule has 1 aromatic carbocycles. The van der Waals surface area contributed by atoms with Gasteiger partial charge < -0.3 is 9.84 Å². The lowest BCUT2D eigenvalue weighted by atomic mass is 10.1. The van der Waals surface area contributed by atoms with E-state index in [0.29, 0.717) is 12.0 Å². The fourth-order valence-electron chi connectivity index (χ4n) is 1.18. The number of carbonyl (C=O) groups excluding carboxylic acids is 1. The third-order valence-corrected chi connectivity index (χ3v) is 1.84. The molecule has 0 heterocycles. The van der Waals surface area contributed by atoms with Crippen molar-refractivity contribution in [3.05, 3.63) is 29.8 Å². The van der Waals surface area contributed by atoms with E-state index < -0.39 is 6.10 Å². The molecular weight excluding hydrogens is 168 g/mol. The van der Waals surface area contributed by atoms with E-state index in [-0.39, 0.29) is 5.75 Å². The second-order valence-corrected chi connectivity index (χ2v) is 2.66. The van der Waals surface area contributed by atoms with Gasteiger partial charge >= 0.3 is 6.47 Å². The van der Waals surface area contributed by atoms with Crippen LogP contribution in [0.1, 0.15) is 25.0 Å². The smallest absolute Gasteiger partial charge is 0.418 e. The molecule has 0 aliphatic heterocycles. The molecule has 0 amide bonds. The molecule has 13 heavy (non-hydrogen) atoms. The normalized spacial score (nSPS) is 12.1. The molecule has 0 bridgehead atoms. The minimum absolute atomic E-state index is 0.143. The van der Waals surface area contributed by atoms with Crippen LogP contribution in [0.3, 0.4) is 0 Å². The van der Waals surface area contributed by atoms with E-state index in [4.69, 9.17) is 4.74 Å². The predicted octanol–water partition coefficient (Wildman–Crippen LogP) is 1.93. The predicted molar refractivity (Wildman–Crippen MR) is 47.9 cm³/mol. The van der Waals surface area contributed by atoms with Gasteiger partial charge in [0.15, 0.2) is 0 Å². The third-order valence-electron chi connectivity index (χ3n) is 1.84. The Balaban J connectivity index is 2.90. The fourth-order valence-corrected chi connectivity index (χ4v) is 1.18. The highest BCUT2D eigenvalue weighted by molar-refractivity contribution is 5.41. The first-order valence-corrected chi connectivity index (χ1v) is 4.10. The van der Waals surface area contributed by atoms with E-state index in [2.05, 4.69) is 0 Å². The van der Waals surface area contributed by atoms with Crippen molar-refractivity contribution in [3.63, 3.8) is 0 Å². The molecule has 0 aliphatic rings. The molecule has 1 radical (unpaired) electrons. The highest BCUT2D eigenvalue weighted by Crippen LogP contribution is 2.27. The van der Waals surface area contributed by atoms with E-state index in [1.807, 2.05) is 6.92 Å². The van der Waals surface area contributed by atoms with E-state index in [9.17, 15) is 9.90 Å². The third kappa shape index (κ3) is 2.21. The first-order chi connectivity index (χ1) is 6.29. The molecule has 0 saturated carbocycles. The number of rotatable bonds is 4. The molecule has 1 aromatic rings. The van der Waals surface area contributed by atoms with Crippen LogP contribution in [-0.2, 0) is 9.53 Å². The molecule has 0 aliphatic carbocycles. The van der Waals surface area contributed by atoms with Crippen LogP contribution in [0.25, 0.3) is 0 Å². The molecule has 0 fully saturated rings. The van der Waals surface area contributed by atoms with Crippen molar-refractivity contribution in [1.29, 1.82) is 0 Å². The standard InChI is InChI=1S/C10H11O3/c1-2-10(13-7-11)8-5-3-4-6-9(8)12/h3-6,10,12H,2H2,1H3. The number of benzene rings is 1. The Morgan fingerprint density at radius 1 is 1.54 bits per heavy atom. The van der Waals surface area contributed by atoms with Crippen molar-refractivity contribution < 1.29 is 14.6 Å². The molecule has 0 spiro atoms. The summed E-state index contributed by atoms with van der Waals surface area (Å²) in [5, 5.41) is 9.43. The van der Waals surface area contributed by atoms with Gasteiger partial charge in [-0.2, -0.15) is 0 Å². The van der Waals surface area contributed by atoms with Gasteiger partial charge in [0.2, 0.25) is 0 Å². The van der Waals surface area contributed by atoms with Gasteiger partial charge in [0.1, 0.15) is 11.9 Å². The molecule has 1 unspecified atom stereocenters. The summed E-state index contributed by atoms with van der Waals surface area (Å²) in [4.78, 5) is 10.0. The number of aromatic hydroxyl groups is 1. The fraction of sp³-hybridized carbons (Fsp3) is 0.300. The first-order valence-electron chi connectivity index (χ1n) is 4.10. The van der Waals surface area contributed by atoms with Crippen molar-refractivity contribution >= 4 is 6.47 Å². The zero-order valence-corrected chi connectivity index (χ0v) is 7.36. The van der Waals surface area contributed by atoms with E-state index in [0.717, 1.165) is 0 Å². The summed E-state index contributed by atoms with van der Waals surface area (Å²) in [6, 6.07) is 6.79. The Labute approximate surface area is 77.0 Å². The summed E-state index contributed by atoms with van der Waals surface area (Å²) in [6.07, 6.45) is 0.214. The monoisotopic (exact) mass is 179 g/mol. The van der Waals surface area contributed by atoms with Crippen LogP contribution in [0.5, 0.6) is 5.75 Å². The molecule has 3 heteroatoms. The summed E-state index contributed by atoms with van der Waals surface area (Å²) in [7, 11) is 0. The summed E-state index contributed by atoms with van der Waals surface area (Å²) in [5.41, 5.74) is 0.619. The van der Waals surface area contributed by atoms with Gasteiger partial charge in [0.25, 0.3) is 0 Å². The molecular formula is C10H11O3. The van der Waals surface area contributed by atoms with Crippen molar-refractivity contribution in [2.24, 2.45) is 0 Å². The topological polar surface area (TPSA) is 46.5 Å². The first kappa shape index (κ1) is 9.58. The van der Waals surface area contributed by atoms with E-state index in [1.54, 1.807) is 24.3 Å². The summed E-state index contributed by atoms with van der Waals surface area (Å²) >= 11 is 0. The Morgan fingerprint density at radius 2 is 2.23 bits per heavy atom. The van der Waals surface area contributed by atoms with Crippen LogP contribution in [0.4, 0.5) is 0 Å². The number of ether oxygens (including phenoxy) is 1. The number of hydrogen-bond donors (Lipinski definition) is 1. The van der Waals surface area contributed by atoms with Crippen molar-refractivity contribution in [2.45, 2.75) is 19.4 Å². The number of phenolic OH excluding ortho intramolecular Hbond substituents is 1. The highest BCUT2D eigenvalue weighted by atomic mass is 16.5. The Morgan fingerprint density at radius 3 is 2.77 bits per heavy atom. The van der Waals surface area contributed by atoms with Crippen LogP contribution in [0.15, 0.2) is 24.3 Å². The lowest BCUT2D eigenvalue weighted by Crippen LogP contribution is -2.01. The zero-order valence-electron chi connectivity index (χ0n) is 7.36. The van der Waals surface area contributed by atoms with E-state index in [1.165, 1.54) is 6.47 Å². The minimum Gasteiger partial charge on any atom is -0.508 e. The van der Waals surface area contributed by atoms with Gasteiger partial charge in [-0.15, -0.1) is 0 Å². The number of hydrogen-bond acceptors (Lipinski definition) is 3. The lowest BCUT2D eigenvalue weighted by molar-refractivity contribution is 0.171. The van der Waals surface area contributed by atoms with Gasteiger partial charge in [-0.3, -0.25) is 0 Å². The van der Waals surface area contributed by atoms with Gasteiger partial charge in [-0.25, -0.2) is 4.79 Å². The summed E-state index contributed by atoms with van der Waals surface area (Å²) in [5.74, 6) is 0.143. The van der Waals surface area contributed by atoms with Crippen LogP contribution in [0.2, 0.25) is 0 Å². The van der Waals surface area contributed by atoms with Gasteiger partial charge in [0.05, 0.1) is 0 Å². The van der Waals surface area contributed by atoms with Crippen molar-refractivity contribution in [1.82, 2.24) is 0 Å². The quantitative estimate of drug-likeness (QED) is 0.768. The average molecular weight is 179 g/mol. The molecule has 1 atom stereocenters. The SMILES string of the molecule is CCC(O[C]=O)c1ccccc1O. The van der Waals surface area contributed by atoms with Crippen LogP contribution in [0, 0.1) is 0 Å². The van der Waals surface area contributed by atoms with E-state index >= 15 is 0 Å². The summed E-state index contributed by atoms with van der Waals surface area (Å²) in [6.45, 7) is 3.25. The molecule has 69 valence electrons. The number of para-hydroxylation sites is 1. The van der Waals surface area contributed by atoms with Gasteiger partial charge in [0, 0.05) is 5.56 Å². The minimum atomic E-state index is -0.404. The van der Waals surface area contributed by atoms with Gasteiger partial charge in [-0.1, -0.05) is 25.1 Å². The maximum atomic E-state index is 10.0. The van der Waals surface area contributed by atoms with Gasteiger partial charge in [-0.05, 0) is 12.5 Å². The van der Waals surface area contributed by atoms with Crippen molar-refractivity contribution in [3.8, 4) is 5.75 Å². The highest BCUT2D eigenvalue weighted by Gasteiger charge is 2.13. The maximum Gasteiger partial charge on any atom is 0.418 e. The molecule has 1 rings (SSSR count). The molecule has 3 nitrogen and oxygen atoms in total. The average Bonchev–Trinajstić information content (AvgIpc) is 2.16. The Bertz CT molecular complexity index is 283. The second-order valence-electron chi connectivity index (χ2n) is 2.66. The van der Waals surface area contributed by atoms with Crippen LogP contribution < -0.4 is 0 Å². The van der Waals surface area contributed by atoms with Crippen molar-refractivity contribution in [2.75, 3.05) is 0 Å².